The maximum Gasteiger partial charge on any atom is 0.412 e. The first kappa shape index (κ1) is 21.9. The van der Waals surface area contributed by atoms with Gasteiger partial charge in [-0.3, -0.25) is 4.90 Å². The second kappa shape index (κ2) is 8.92. The minimum atomic E-state index is -1.01. The zero-order valence-corrected chi connectivity index (χ0v) is 18.1. The van der Waals surface area contributed by atoms with Gasteiger partial charge in [-0.2, -0.15) is 0 Å². The number of methoxy groups -OCH3 is 1. The van der Waals surface area contributed by atoms with Gasteiger partial charge in [-0.15, -0.1) is 0 Å². The van der Waals surface area contributed by atoms with Crippen molar-refractivity contribution in [2.24, 2.45) is 16.3 Å². The molecule has 1 aliphatic rings. The Morgan fingerprint density at radius 3 is 2.50 bits per heavy atom. The van der Waals surface area contributed by atoms with E-state index >= 15 is 0 Å². The monoisotopic (exact) mass is 414 g/mol. The van der Waals surface area contributed by atoms with Gasteiger partial charge in [0.2, 0.25) is 0 Å². The molecule has 2 heterocycles. The maximum absolute atomic E-state index is 13.2. The molecule has 0 spiro atoms. The predicted octanol–water partition coefficient (Wildman–Crippen LogP) is 4.39. The number of hydrogen-bond donors (Lipinski definition) is 1. The molecule has 0 unspecified atom stereocenters. The molecule has 30 heavy (non-hydrogen) atoms. The van der Waals surface area contributed by atoms with Gasteiger partial charge in [-0.05, 0) is 24.6 Å². The molecule has 0 saturated carbocycles. The molecule has 0 bridgehead atoms. The summed E-state index contributed by atoms with van der Waals surface area (Å²) in [6.07, 6.45) is -0.508. The first-order chi connectivity index (χ1) is 14.2. The van der Waals surface area contributed by atoms with Crippen LogP contribution in [0.5, 0.6) is 0 Å². The molecule has 3 rings (SSSR count). The fourth-order valence-electron chi connectivity index (χ4n) is 3.77. The lowest BCUT2D eigenvalue weighted by Gasteiger charge is -2.46. The highest BCUT2D eigenvalue weighted by atomic mass is 16.6. The summed E-state index contributed by atoms with van der Waals surface area (Å²) in [5.74, 6) is 0.186. The SMILES string of the molecule is COC1=N[C@@H](C(C)(C)C)N(C(=O)OCc2ccccc2)[C@@H](C)[C@@H]1[C@H](O)c1ccco1. The number of carbonyl (C=O) groups is 1. The number of carbonyl (C=O) groups excluding carboxylic acids is 1. The van der Waals surface area contributed by atoms with Crippen LogP contribution in [0.1, 0.15) is 45.1 Å². The second-order valence-corrected chi connectivity index (χ2v) is 8.59. The Morgan fingerprint density at radius 2 is 1.93 bits per heavy atom. The Labute approximate surface area is 177 Å². The molecular formula is C23H30N2O5. The van der Waals surface area contributed by atoms with Crippen molar-refractivity contribution < 1.29 is 23.8 Å². The summed E-state index contributed by atoms with van der Waals surface area (Å²) in [6.45, 7) is 8.03. The van der Waals surface area contributed by atoms with Gasteiger partial charge >= 0.3 is 6.09 Å². The number of hydrogen-bond acceptors (Lipinski definition) is 6. The average molecular weight is 415 g/mol. The van der Waals surface area contributed by atoms with E-state index in [2.05, 4.69) is 0 Å². The molecule has 7 nitrogen and oxygen atoms in total. The van der Waals surface area contributed by atoms with Crippen molar-refractivity contribution in [3.8, 4) is 0 Å². The zero-order valence-electron chi connectivity index (χ0n) is 18.1. The lowest BCUT2D eigenvalue weighted by molar-refractivity contribution is -0.0118. The molecule has 0 radical (unpaired) electrons. The van der Waals surface area contributed by atoms with Crippen LogP contribution in [0, 0.1) is 11.3 Å². The Balaban J connectivity index is 1.91. The molecule has 2 aromatic rings. The molecule has 0 saturated heterocycles. The molecule has 0 aliphatic carbocycles. The van der Waals surface area contributed by atoms with Crippen molar-refractivity contribution in [2.45, 2.75) is 52.6 Å². The summed E-state index contributed by atoms with van der Waals surface area (Å²) in [5.41, 5.74) is 0.529. The van der Waals surface area contributed by atoms with Gasteiger partial charge in [-0.25, -0.2) is 9.79 Å². The van der Waals surface area contributed by atoms with E-state index in [-0.39, 0.29) is 12.0 Å². The molecule has 4 atom stereocenters. The third kappa shape index (κ3) is 4.51. The van der Waals surface area contributed by atoms with Gasteiger partial charge in [-0.1, -0.05) is 51.1 Å². The van der Waals surface area contributed by atoms with E-state index in [1.807, 2.05) is 58.0 Å². The van der Waals surface area contributed by atoms with E-state index in [0.29, 0.717) is 11.7 Å². The van der Waals surface area contributed by atoms with Gasteiger partial charge in [0.25, 0.3) is 0 Å². The zero-order chi connectivity index (χ0) is 21.9. The largest absolute Gasteiger partial charge is 0.484 e. The molecule has 1 aromatic carbocycles. The fraction of sp³-hybridized carbons (Fsp3) is 0.478. The lowest BCUT2D eigenvalue weighted by atomic mass is 9.84. The summed E-state index contributed by atoms with van der Waals surface area (Å²) >= 11 is 0. The molecule has 1 aliphatic heterocycles. The van der Waals surface area contributed by atoms with E-state index < -0.39 is 30.3 Å². The highest BCUT2D eigenvalue weighted by Crippen LogP contribution is 2.39. The normalized spacial score (nSPS) is 22.9. The molecule has 1 N–H and O–H groups in total. The summed E-state index contributed by atoms with van der Waals surface area (Å²) in [6, 6.07) is 12.5. The molecular weight excluding hydrogens is 384 g/mol. The highest BCUT2D eigenvalue weighted by Gasteiger charge is 2.48. The van der Waals surface area contributed by atoms with Gasteiger partial charge in [0.15, 0.2) is 5.90 Å². The van der Waals surface area contributed by atoms with Crippen LogP contribution in [0.4, 0.5) is 4.79 Å². The summed E-state index contributed by atoms with van der Waals surface area (Å²) in [5, 5.41) is 11.0. The highest BCUT2D eigenvalue weighted by molar-refractivity contribution is 5.83. The fourth-order valence-corrected chi connectivity index (χ4v) is 3.77. The third-order valence-corrected chi connectivity index (χ3v) is 5.33. The smallest absolute Gasteiger partial charge is 0.412 e. The van der Waals surface area contributed by atoms with Crippen LogP contribution >= 0.6 is 0 Å². The van der Waals surface area contributed by atoms with Crippen molar-refractivity contribution in [3.05, 3.63) is 60.1 Å². The first-order valence-corrected chi connectivity index (χ1v) is 10.1. The number of rotatable bonds is 4. The number of ether oxygens (including phenoxy) is 2. The summed E-state index contributed by atoms with van der Waals surface area (Å²) in [7, 11) is 1.52. The number of aliphatic hydroxyl groups excluding tert-OH is 1. The van der Waals surface area contributed by atoms with E-state index in [4.69, 9.17) is 18.9 Å². The first-order valence-electron chi connectivity index (χ1n) is 10.1. The van der Waals surface area contributed by atoms with Crippen LogP contribution in [0.2, 0.25) is 0 Å². The van der Waals surface area contributed by atoms with Crippen LogP contribution in [-0.4, -0.2) is 41.3 Å². The number of aliphatic imine (C=N–C) groups is 1. The number of aliphatic hydroxyl groups is 1. The van der Waals surface area contributed by atoms with Crippen molar-refractivity contribution in [1.29, 1.82) is 0 Å². The summed E-state index contributed by atoms with van der Waals surface area (Å²) in [4.78, 5) is 19.5. The molecule has 0 fully saturated rings. The second-order valence-electron chi connectivity index (χ2n) is 8.59. The quantitative estimate of drug-likeness (QED) is 0.802. The van der Waals surface area contributed by atoms with Crippen LogP contribution in [-0.2, 0) is 16.1 Å². The molecule has 1 aromatic heterocycles. The molecule has 162 valence electrons. The molecule has 1 amide bonds. The third-order valence-electron chi connectivity index (χ3n) is 5.33. The maximum atomic E-state index is 13.2. The molecule has 7 heteroatoms. The standard InChI is InChI=1S/C23H30N2O5/c1-15-18(19(26)17-12-9-13-29-17)20(28-5)24-21(23(2,3)4)25(15)22(27)30-14-16-10-7-6-8-11-16/h6-13,15,18-19,21,26H,14H2,1-5H3/t15-,18+,19+,21+/m0/s1. The topological polar surface area (TPSA) is 84.5 Å². The minimum absolute atomic E-state index is 0.159. The Morgan fingerprint density at radius 1 is 1.23 bits per heavy atom. The van der Waals surface area contributed by atoms with Crippen molar-refractivity contribution >= 4 is 12.0 Å². The number of nitrogens with zero attached hydrogens (tertiary/aromatic N) is 2. The predicted molar refractivity (Wildman–Crippen MR) is 113 cm³/mol. The van der Waals surface area contributed by atoms with E-state index in [1.54, 1.807) is 17.0 Å². The van der Waals surface area contributed by atoms with Crippen LogP contribution in [0.3, 0.4) is 0 Å². The van der Waals surface area contributed by atoms with E-state index in [0.717, 1.165) is 5.56 Å². The number of amides is 1. The number of benzene rings is 1. The van der Waals surface area contributed by atoms with Crippen molar-refractivity contribution in [2.75, 3.05) is 7.11 Å². The van der Waals surface area contributed by atoms with Gasteiger partial charge in [0, 0.05) is 11.5 Å². The summed E-state index contributed by atoms with van der Waals surface area (Å²) < 4.78 is 16.6. The van der Waals surface area contributed by atoms with Gasteiger partial charge in [0.1, 0.15) is 24.6 Å². The van der Waals surface area contributed by atoms with Crippen molar-refractivity contribution in [1.82, 2.24) is 4.90 Å². The Hall–Kier alpha value is -2.80. The Kier molecular flexibility index (Phi) is 6.51. The van der Waals surface area contributed by atoms with Gasteiger partial charge in [0.05, 0.1) is 19.3 Å². The lowest BCUT2D eigenvalue weighted by Crippen LogP contribution is -2.59. The van der Waals surface area contributed by atoms with Crippen LogP contribution in [0.25, 0.3) is 0 Å². The minimum Gasteiger partial charge on any atom is -0.484 e. The average Bonchev–Trinajstić information content (AvgIpc) is 3.25. The Bertz CT molecular complexity index is 857. The van der Waals surface area contributed by atoms with Crippen molar-refractivity contribution in [3.63, 3.8) is 0 Å². The number of furan rings is 1. The van der Waals surface area contributed by atoms with Gasteiger partial charge < -0.3 is 19.0 Å². The van der Waals surface area contributed by atoms with E-state index in [1.165, 1.54) is 13.4 Å². The van der Waals surface area contributed by atoms with Crippen LogP contribution in [0.15, 0.2) is 58.1 Å². The van der Waals surface area contributed by atoms with Crippen LogP contribution < -0.4 is 0 Å². The van der Waals surface area contributed by atoms with E-state index in [9.17, 15) is 9.90 Å².